The number of nitrogens with zero attached hydrogens (tertiary/aromatic N) is 4. The van der Waals surface area contributed by atoms with Gasteiger partial charge in [-0.2, -0.15) is 9.29 Å². The summed E-state index contributed by atoms with van der Waals surface area (Å²) in [6.45, 7) is 4.74. The van der Waals surface area contributed by atoms with Gasteiger partial charge in [-0.1, -0.05) is 47.1 Å². The van der Waals surface area contributed by atoms with Crippen LogP contribution in [-0.2, 0) is 21.4 Å². The van der Waals surface area contributed by atoms with E-state index in [1.807, 2.05) is 38.1 Å². The predicted molar refractivity (Wildman–Crippen MR) is 124 cm³/mol. The van der Waals surface area contributed by atoms with E-state index >= 15 is 0 Å². The van der Waals surface area contributed by atoms with E-state index in [9.17, 15) is 13.2 Å². The van der Waals surface area contributed by atoms with Crippen molar-refractivity contribution in [2.24, 2.45) is 5.92 Å². The molecule has 1 aliphatic rings. The summed E-state index contributed by atoms with van der Waals surface area (Å²) in [4.78, 5) is 19.3. The van der Waals surface area contributed by atoms with Gasteiger partial charge in [0.1, 0.15) is 0 Å². The maximum atomic E-state index is 13.0. The van der Waals surface area contributed by atoms with Crippen LogP contribution >= 0.6 is 0 Å². The average molecular weight is 469 g/mol. The van der Waals surface area contributed by atoms with Crippen LogP contribution in [-0.4, -0.2) is 53.8 Å². The normalized spacial score (nSPS) is 15.5. The SMILES string of the molecule is Cc1ccc(S(=O)(=O)N2CCC(C(=O)N(C)Cc3nc(-c4ccccc4C)no3)CC2)cc1. The number of hydrogen-bond donors (Lipinski definition) is 0. The Labute approximate surface area is 194 Å². The number of carbonyl (C=O) groups is 1. The molecule has 4 rings (SSSR count). The van der Waals surface area contributed by atoms with Crippen LogP contribution in [0.25, 0.3) is 11.4 Å². The Kier molecular flexibility index (Phi) is 6.62. The zero-order chi connectivity index (χ0) is 23.6. The number of carbonyl (C=O) groups excluding carboxylic acids is 1. The van der Waals surface area contributed by atoms with E-state index in [1.165, 1.54) is 4.31 Å². The molecule has 9 heteroatoms. The number of hydrogen-bond acceptors (Lipinski definition) is 6. The van der Waals surface area contributed by atoms with Gasteiger partial charge in [0.25, 0.3) is 0 Å². The molecule has 1 saturated heterocycles. The summed E-state index contributed by atoms with van der Waals surface area (Å²) in [5, 5.41) is 4.05. The lowest BCUT2D eigenvalue weighted by molar-refractivity contribution is -0.136. The van der Waals surface area contributed by atoms with E-state index in [2.05, 4.69) is 10.1 Å². The number of sulfonamides is 1. The van der Waals surface area contributed by atoms with E-state index in [1.54, 1.807) is 36.2 Å². The molecule has 1 aromatic heterocycles. The fraction of sp³-hybridized carbons (Fsp3) is 0.375. The third kappa shape index (κ3) is 4.99. The van der Waals surface area contributed by atoms with Crippen molar-refractivity contribution in [3.63, 3.8) is 0 Å². The van der Waals surface area contributed by atoms with Gasteiger partial charge in [-0.3, -0.25) is 4.79 Å². The minimum absolute atomic E-state index is 0.0435. The maximum absolute atomic E-state index is 13.0. The number of benzene rings is 2. The zero-order valence-corrected chi connectivity index (χ0v) is 19.9. The van der Waals surface area contributed by atoms with Crippen molar-refractivity contribution in [1.82, 2.24) is 19.3 Å². The van der Waals surface area contributed by atoms with Crippen LogP contribution in [0.2, 0.25) is 0 Å². The molecule has 0 N–H and O–H groups in total. The van der Waals surface area contributed by atoms with Gasteiger partial charge in [0.2, 0.25) is 27.6 Å². The summed E-state index contributed by atoms with van der Waals surface area (Å²) in [5.74, 6) is 0.582. The summed E-state index contributed by atoms with van der Waals surface area (Å²) in [6.07, 6.45) is 0.957. The first-order chi connectivity index (χ1) is 15.8. The van der Waals surface area contributed by atoms with Crippen LogP contribution in [0.1, 0.15) is 29.9 Å². The van der Waals surface area contributed by atoms with Gasteiger partial charge in [-0.05, 0) is 44.4 Å². The molecule has 3 aromatic rings. The summed E-state index contributed by atoms with van der Waals surface area (Å²) in [6, 6.07) is 14.6. The summed E-state index contributed by atoms with van der Waals surface area (Å²) in [5.41, 5.74) is 2.94. The van der Waals surface area contributed by atoms with E-state index in [-0.39, 0.29) is 23.3 Å². The van der Waals surface area contributed by atoms with E-state index in [4.69, 9.17) is 4.52 Å². The van der Waals surface area contributed by atoms with Gasteiger partial charge in [0.05, 0.1) is 11.4 Å². The van der Waals surface area contributed by atoms with Gasteiger partial charge >= 0.3 is 0 Å². The summed E-state index contributed by atoms with van der Waals surface area (Å²) < 4.78 is 32.6. The zero-order valence-electron chi connectivity index (χ0n) is 19.1. The second-order valence-electron chi connectivity index (χ2n) is 8.51. The van der Waals surface area contributed by atoms with E-state index in [0.29, 0.717) is 37.6 Å². The highest BCUT2D eigenvalue weighted by atomic mass is 32.2. The third-order valence-corrected chi connectivity index (χ3v) is 7.98. The molecule has 174 valence electrons. The monoisotopic (exact) mass is 468 g/mol. The molecule has 0 bridgehead atoms. The topological polar surface area (TPSA) is 96.6 Å². The van der Waals surface area contributed by atoms with Crippen molar-refractivity contribution in [2.45, 2.75) is 38.1 Å². The number of rotatable bonds is 6. The second kappa shape index (κ2) is 9.44. The lowest BCUT2D eigenvalue weighted by atomic mass is 9.97. The Morgan fingerprint density at radius 2 is 1.76 bits per heavy atom. The lowest BCUT2D eigenvalue weighted by Gasteiger charge is -2.32. The van der Waals surface area contributed by atoms with Crippen LogP contribution in [0.15, 0.2) is 57.9 Å². The first kappa shape index (κ1) is 23.1. The molecule has 1 fully saturated rings. The maximum Gasteiger partial charge on any atom is 0.246 e. The molecule has 33 heavy (non-hydrogen) atoms. The summed E-state index contributed by atoms with van der Waals surface area (Å²) in [7, 11) is -1.84. The third-order valence-electron chi connectivity index (χ3n) is 6.06. The van der Waals surface area contributed by atoms with Gasteiger partial charge < -0.3 is 9.42 Å². The highest BCUT2D eigenvalue weighted by Crippen LogP contribution is 2.26. The Hall–Kier alpha value is -3.04. The highest BCUT2D eigenvalue weighted by molar-refractivity contribution is 7.89. The van der Waals surface area contributed by atoms with Crippen LogP contribution in [0, 0.1) is 19.8 Å². The van der Waals surface area contributed by atoms with Crippen molar-refractivity contribution < 1.29 is 17.7 Å². The molecular weight excluding hydrogens is 440 g/mol. The fourth-order valence-corrected chi connectivity index (χ4v) is 5.52. The first-order valence-electron chi connectivity index (χ1n) is 11.0. The number of aryl methyl sites for hydroxylation is 2. The molecule has 2 heterocycles. The molecule has 0 unspecified atom stereocenters. The lowest BCUT2D eigenvalue weighted by Crippen LogP contribution is -2.43. The Morgan fingerprint density at radius 1 is 1.09 bits per heavy atom. The van der Waals surface area contributed by atoms with Crippen LogP contribution in [0.5, 0.6) is 0 Å². The highest BCUT2D eigenvalue weighted by Gasteiger charge is 2.33. The number of amides is 1. The Bertz CT molecular complexity index is 1230. The molecule has 8 nitrogen and oxygen atoms in total. The van der Waals surface area contributed by atoms with Gasteiger partial charge in [-0.15, -0.1) is 0 Å². The van der Waals surface area contributed by atoms with Gasteiger partial charge in [0.15, 0.2) is 0 Å². The van der Waals surface area contributed by atoms with Gasteiger partial charge in [0, 0.05) is 31.6 Å². The van der Waals surface area contributed by atoms with Crippen molar-refractivity contribution >= 4 is 15.9 Å². The average Bonchev–Trinajstić information content (AvgIpc) is 3.27. The Morgan fingerprint density at radius 3 is 2.42 bits per heavy atom. The van der Waals surface area contributed by atoms with Crippen molar-refractivity contribution in [2.75, 3.05) is 20.1 Å². The fourth-order valence-electron chi connectivity index (χ4n) is 4.05. The van der Waals surface area contributed by atoms with Crippen LogP contribution < -0.4 is 0 Å². The quantitative estimate of drug-likeness (QED) is 0.550. The molecule has 1 aliphatic heterocycles. The molecule has 2 aromatic carbocycles. The van der Waals surface area contributed by atoms with Gasteiger partial charge in [-0.25, -0.2) is 8.42 Å². The Balaban J connectivity index is 1.35. The van der Waals surface area contributed by atoms with Crippen molar-refractivity contribution in [3.05, 3.63) is 65.5 Å². The van der Waals surface area contributed by atoms with E-state index in [0.717, 1.165) is 16.7 Å². The minimum Gasteiger partial charge on any atom is -0.337 e. The molecule has 1 amide bonds. The molecule has 0 radical (unpaired) electrons. The standard InChI is InChI=1S/C24H28N4O4S/c1-17-8-10-20(11-9-17)33(30,31)28-14-12-19(13-15-28)24(29)27(3)16-22-25-23(26-32-22)21-7-5-4-6-18(21)2/h4-11,19H,12-16H2,1-3H3. The minimum atomic E-state index is -3.55. The van der Waals surface area contributed by atoms with E-state index < -0.39 is 10.0 Å². The number of aromatic nitrogens is 2. The molecule has 0 spiro atoms. The second-order valence-corrected chi connectivity index (χ2v) is 10.5. The molecule has 0 atom stereocenters. The van der Waals surface area contributed by atoms with Crippen LogP contribution in [0.3, 0.4) is 0 Å². The first-order valence-corrected chi connectivity index (χ1v) is 12.4. The molecule has 0 saturated carbocycles. The van der Waals surface area contributed by atoms with Crippen molar-refractivity contribution in [1.29, 1.82) is 0 Å². The largest absolute Gasteiger partial charge is 0.337 e. The smallest absolute Gasteiger partial charge is 0.246 e. The molecule has 0 aliphatic carbocycles. The van der Waals surface area contributed by atoms with Crippen LogP contribution in [0.4, 0.5) is 0 Å². The molecular formula is C24H28N4O4S. The predicted octanol–water partition coefficient (Wildman–Crippen LogP) is 3.41. The summed E-state index contributed by atoms with van der Waals surface area (Å²) >= 11 is 0. The van der Waals surface area contributed by atoms with Crippen molar-refractivity contribution in [3.8, 4) is 11.4 Å². The number of piperidine rings is 1.